The molecule has 0 spiro atoms. The summed E-state index contributed by atoms with van der Waals surface area (Å²) in [5, 5.41) is 12.9. The summed E-state index contributed by atoms with van der Waals surface area (Å²) in [7, 11) is 0. The van der Waals surface area contributed by atoms with Gasteiger partial charge in [0.2, 0.25) is 0 Å². The molecule has 1 amide bonds. The number of nitrogens with one attached hydrogen (secondary N) is 1. The van der Waals surface area contributed by atoms with E-state index in [9.17, 15) is 14.7 Å². The Bertz CT molecular complexity index is 799. The summed E-state index contributed by atoms with van der Waals surface area (Å²) in [5.41, 5.74) is 2.63. The van der Waals surface area contributed by atoms with Crippen LogP contribution in [0.1, 0.15) is 66.5 Å². The predicted molar refractivity (Wildman–Crippen MR) is 105 cm³/mol. The fourth-order valence-electron chi connectivity index (χ4n) is 2.75. The van der Waals surface area contributed by atoms with E-state index in [0.29, 0.717) is 11.3 Å². The minimum absolute atomic E-state index is 0.0602. The fraction of sp³-hybridized carbons (Fsp3) is 0.364. The largest absolute Gasteiger partial charge is 0.386 e. The lowest BCUT2D eigenvalue weighted by atomic mass is 9.94. The number of hydrogen-bond donors (Lipinski definition) is 2. The third kappa shape index (κ3) is 4.58. The summed E-state index contributed by atoms with van der Waals surface area (Å²) >= 11 is 0. The monoisotopic (exact) mass is 353 g/mol. The molecular weight excluding hydrogens is 326 g/mol. The van der Waals surface area contributed by atoms with Crippen molar-refractivity contribution >= 4 is 17.4 Å². The quantitative estimate of drug-likeness (QED) is 0.748. The van der Waals surface area contributed by atoms with E-state index in [-0.39, 0.29) is 17.6 Å². The third-order valence-electron chi connectivity index (χ3n) is 4.39. The summed E-state index contributed by atoms with van der Waals surface area (Å²) in [6, 6.07) is 12.3. The van der Waals surface area contributed by atoms with Crippen molar-refractivity contribution in [3.8, 4) is 0 Å². The van der Waals surface area contributed by atoms with E-state index in [2.05, 4.69) is 5.32 Å². The Balaban J connectivity index is 2.20. The maximum atomic E-state index is 12.5. The topological polar surface area (TPSA) is 66.4 Å². The molecule has 138 valence electrons. The summed E-state index contributed by atoms with van der Waals surface area (Å²) in [6.45, 7) is 9.17. The Morgan fingerprint density at radius 3 is 2.19 bits per heavy atom. The first-order valence-electron chi connectivity index (χ1n) is 8.95. The highest BCUT2D eigenvalue weighted by molar-refractivity contribution is 6.05. The zero-order valence-electron chi connectivity index (χ0n) is 16.1. The first kappa shape index (κ1) is 19.9. The summed E-state index contributed by atoms with van der Waals surface area (Å²) in [6.07, 6.45) is 0.720. The molecule has 0 radical (unpaired) electrons. The van der Waals surface area contributed by atoms with Crippen LogP contribution >= 0.6 is 0 Å². The van der Waals surface area contributed by atoms with Gasteiger partial charge in [0.25, 0.3) is 5.91 Å². The molecule has 0 aromatic heterocycles. The van der Waals surface area contributed by atoms with Crippen LogP contribution in [0.4, 0.5) is 5.69 Å². The summed E-state index contributed by atoms with van der Waals surface area (Å²) in [5.74, 6) is -0.172. The smallest absolute Gasteiger partial charge is 0.255 e. The SMILES string of the molecule is CCc1cc(NC(=O)c2ccc(C(C)(C)O)cc2)ccc1C(=O)C(C)C. The van der Waals surface area contributed by atoms with E-state index in [4.69, 9.17) is 0 Å². The van der Waals surface area contributed by atoms with Crippen LogP contribution in [0, 0.1) is 5.92 Å². The number of Topliss-reactive ketones (excluding diaryl/α,β-unsaturated/α-hetero) is 1. The van der Waals surface area contributed by atoms with Crippen molar-refractivity contribution in [3.05, 3.63) is 64.7 Å². The van der Waals surface area contributed by atoms with Crippen molar-refractivity contribution < 1.29 is 14.7 Å². The Morgan fingerprint density at radius 1 is 1.08 bits per heavy atom. The standard InChI is InChI=1S/C22H27NO3/c1-6-15-13-18(11-12-19(15)20(24)14(2)3)23-21(25)16-7-9-17(10-8-16)22(4,5)26/h7-14,26H,6H2,1-5H3,(H,23,25). The zero-order chi connectivity index (χ0) is 19.5. The second-order valence-electron chi connectivity index (χ2n) is 7.33. The van der Waals surface area contributed by atoms with Crippen molar-refractivity contribution in [1.29, 1.82) is 0 Å². The zero-order valence-corrected chi connectivity index (χ0v) is 16.1. The van der Waals surface area contributed by atoms with Crippen LogP contribution in [-0.2, 0) is 12.0 Å². The van der Waals surface area contributed by atoms with Gasteiger partial charge in [0, 0.05) is 22.7 Å². The predicted octanol–water partition coefficient (Wildman–Crippen LogP) is 4.57. The molecule has 0 unspecified atom stereocenters. The van der Waals surface area contributed by atoms with Gasteiger partial charge in [0.05, 0.1) is 5.60 Å². The van der Waals surface area contributed by atoms with Crippen LogP contribution in [-0.4, -0.2) is 16.8 Å². The van der Waals surface area contributed by atoms with Gasteiger partial charge in [0.15, 0.2) is 5.78 Å². The molecule has 0 aliphatic rings. The van der Waals surface area contributed by atoms with Crippen molar-refractivity contribution in [3.63, 3.8) is 0 Å². The number of benzene rings is 2. The molecule has 0 saturated heterocycles. The normalized spacial score (nSPS) is 11.5. The van der Waals surface area contributed by atoms with Crippen LogP contribution in [0.15, 0.2) is 42.5 Å². The van der Waals surface area contributed by atoms with Gasteiger partial charge in [-0.15, -0.1) is 0 Å². The lowest BCUT2D eigenvalue weighted by Gasteiger charge is -2.18. The van der Waals surface area contributed by atoms with E-state index in [0.717, 1.165) is 23.1 Å². The molecule has 2 aromatic carbocycles. The third-order valence-corrected chi connectivity index (χ3v) is 4.39. The number of carbonyl (C=O) groups excluding carboxylic acids is 2. The molecule has 2 rings (SSSR count). The lowest BCUT2D eigenvalue weighted by molar-refractivity contribution is 0.0784. The van der Waals surface area contributed by atoms with E-state index in [1.807, 2.05) is 26.8 Å². The van der Waals surface area contributed by atoms with Crippen LogP contribution in [0.25, 0.3) is 0 Å². The van der Waals surface area contributed by atoms with Gasteiger partial charge < -0.3 is 10.4 Å². The molecule has 0 atom stereocenters. The molecule has 0 fully saturated rings. The first-order chi connectivity index (χ1) is 12.1. The van der Waals surface area contributed by atoms with Gasteiger partial charge in [0.1, 0.15) is 0 Å². The number of rotatable bonds is 6. The maximum Gasteiger partial charge on any atom is 0.255 e. The highest BCUT2D eigenvalue weighted by Crippen LogP contribution is 2.22. The van der Waals surface area contributed by atoms with Crippen LogP contribution in [0.5, 0.6) is 0 Å². The molecule has 2 N–H and O–H groups in total. The Kier molecular flexibility index (Phi) is 5.98. The Morgan fingerprint density at radius 2 is 1.69 bits per heavy atom. The maximum absolute atomic E-state index is 12.5. The molecule has 4 heteroatoms. The summed E-state index contributed by atoms with van der Waals surface area (Å²) < 4.78 is 0. The first-order valence-corrected chi connectivity index (χ1v) is 8.95. The molecule has 4 nitrogen and oxygen atoms in total. The number of ketones is 1. The number of aryl methyl sites for hydroxylation is 1. The molecule has 0 aliphatic carbocycles. The fourth-order valence-corrected chi connectivity index (χ4v) is 2.75. The van der Waals surface area contributed by atoms with Crippen molar-refractivity contribution in [2.45, 2.75) is 46.6 Å². The average Bonchev–Trinajstić information content (AvgIpc) is 2.60. The number of amides is 1. The Labute approximate surface area is 155 Å². The highest BCUT2D eigenvalue weighted by atomic mass is 16.3. The number of hydrogen-bond acceptors (Lipinski definition) is 3. The molecule has 0 heterocycles. The van der Waals surface area contributed by atoms with Gasteiger partial charge >= 0.3 is 0 Å². The van der Waals surface area contributed by atoms with Gasteiger partial charge in [-0.3, -0.25) is 9.59 Å². The number of anilines is 1. The molecule has 2 aromatic rings. The molecular formula is C22H27NO3. The molecule has 0 bridgehead atoms. The number of carbonyl (C=O) groups is 2. The van der Waals surface area contributed by atoms with E-state index in [1.165, 1.54) is 0 Å². The van der Waals surface area contributed by atoms with Crippen molar-refractivity contribution in [2.75, 3.05) is 5.32 Å². The van der Waals surface area contributed by atoms with Gasteiger partial charge in [-0.1, -0.05) is 32.9 Å². The van der Waals surface area contributed by atoms with E-state index < -0.39 is 5.60 Å². The molecule has 0 aliphatic heterocycles. The van der Waals surface area contributed by atoms with Gasteiger partial charge in [-0.2, -0.15) is 0 Å². The van der Waals surface area contributed by atoms with Gasteiger partial charge in [-0.25, -0.2) is 0 Å². The lowest BCUT2D eigenvalue weighted by Crippen LogP contribution is -2.17. The van der Waals surface area contributed by atoms with E-state index >= 15 is 0 Å². The second kappa shape index (κ2) is 7.83. The molecule has 26 heavy (non-hydrogen) atoms. The average molecular weight is 353 g/mol. The second-order valence-corrected chi connectivity index (χ2v) is 7.33. The van der Waals surface area contributed by atoms with Crippen LogP contribution in [0.3, 0.4) is 0 Å². The van der Waals surface area contributed by atoms with E-state index in [1.54, 1.807) is 50.2 Å². The van der Waals surface area contributed by atoms with Crippen LogP contribution < -0.4 is 5.32 Å². The van der Waals surface area contributed by atoms with Crippen molar-refractivity contribution in [2.24, 2.45) is 5.92 Å². The number of aliphatic hydroxyl groups is 1. The van der Waals surface area contributed by atoms with Crippen molar-refractivity contribution in [1.82, 2.24) is 0 Å². The summed E-state index contributed by atoms with van der Waals surface area (Å²) in [4.78, 5) is 24.7. The molecule has 0 saturated carbocycles. The van der Waals surface area contributed by atoms with Crippen LogP contribution in [0.2, 0.25) is 0 Å². The minimum Gasteiger partial charge on any atom is -0.386 e. The minimum atomic E-state index is -0.941. The van der Waals surface area contributed by atoms with Gasteiger partial charge in [-0.05, 0) is 61.7 Å². The Hall–Kier alpha value is -2.46. The highest BCUT2D eigenvalue weighted by Gasteiger charge is 2.17.